The minimum absolute atomic E-state index is 0.360. The van der Waals surface area contributed by atoms with Crippen molar-refractivity contribution in [3.8, 4) is 0 Å². The van der Waals surface area contributed by atoms with Gasteiger partial charge >= 0.3 is 0 Å². The van der Waals surface area contributed by atoms with E-state index in [0.717, 1.165) is 38.5 Å². The third-order valence-electron chi connectivity index (χ3n) is 11.8. The first-order valence-corrected chi connectivity index (χ1v) is 25.4. The second-order valence-corrected chi connectivity index (χ2v) is 17.5. The quantitative estimate of drug-likeness (QED) is 0.0310. The van der Waals surface area contributed by atoms with Gasteiger partial charge in [-0.3, -0.25) is 4.79 Å². The van der Waals surface area contributed by atoms with Gasteiger partial charge in [-0.15, -0.1) is 0 Å². The Morgan fingerprint density at radius 1 is 0.414 bits per heavy atom. The molecule has 0 heterocycles. The van der Waals surface area contributed by atoms with Gasteiger partial charge in [-0.2, -0.15) is 0 Å². The van der Waals surface area contributed by atoms with Crippen LogP contribution in [0.1, 0.15) is 258 Å². The molecule has 5 N–H and O–H groups in total. The Kier molecular flexibility index (Phi) is 45.4. The normalized spacial score (nSPS) is 14.2. The van der Waals surface area contributed by atoms with E-state index >= 15 is 0 Å². The van der Waals surface area contributed by atoms with E-state index in [-0.39, 0.29) is 0 Å². The highest BCUT2D eigenvalue weighted by atomic mass is 16.3. The number of amides is 1. The molecular weight excluding hydrogens is 719 g/mol. The van der Waals surface area contributed by atoms with Gasteiger partial charge in [0.25, 0.3) is 0 Å². The number of aliphatic hydroxyl groups excluding tert-OH is 4. The first-order chi connectivity index (χ1) is 28.5. The summed E-state index contributed by atoms with van der Waals surface area (Å²) in [6.45, 7) is 4.03. The van der Waals surface area contributed by atoms with Gasteiger partial charge in [-0.05, 0) is 77.0 Å². The maximum absolute atomic E-state index is 12.5. The molecule has 0 aliphatic heterocycles. The summed E-state index contributed by atoms with van der Waals surface area (Å²) in [5, 5.41) is 43.7. The highest BCUT2D eigenvalue weighted by molar-refractivity contribution is 5.80. The van der Waals surface area contributed by atoms with Crippen LogP contribution in [0.5, 0.6) is 0 Å². The first kappa shape index (κ1) is 56.5. The van der Waals surface area contributed by atoms with Crippen molar-refractivity contribution in [2.24, 2.45) is 0 Å². The van der Waals surface area contributed by atoms with Crippen LogP contribution in [0.3, 0.4) is 0 Å². The number of carbonyl (C=O) groups excluding carboxylic acids is 1. The number of carbonyl (C=O) groups is 1. The number of hydrogen-bond acceptors (Lipinski definition) is 5. The molecule has 6 heteroatoms. The number of hydrogen-bond donors (Lipinski definition) is 5. The van der Waals surface area contributed by atoms with Crippen molar-refractivity contribution in [3.63, 3.8) is 0 Å². The van der Waals surface area contributed by atoms with Gasteiger partial charge in [0.15, 0.2) is 0 Å². The lowest BCUT2D eigenvalue weighted by atomic mass is 10.00. The van der Waals surface area contributed by atoms with Crippen molar-refractivity contribution in [3.05, 3.63) is 36.5 Å². The lowest BCUT2D eigenvalue weighted by Gasteiger charge is -2.27. The SMILES string of the molecule is CCCCCCC/C=C/CC/C=C/CCCC(O)C(O)C(CO)NC(=O)C(O)CCCCCCCCCCCCCC/C=C\CCCCCCCCCCCCCC. The van der Waals surface area contributed by atoms with Gasteiger partial charge in [0.2, 0.25) is 5.91 Å². The van der Waals surface area contributed by atoms with Crippen LogP contribution in [0.2, 0.25) is 0 Å². The molecule has 0 rings (SSSR count). The second kappa shape index (κ2) is 46.6. The molecule has 0 radical (unpaired) electrons. The molecule has 0 aliphatic rings. The molecule has 342 valence electrons. The number of rotatable bonds is 46. The molecule has 0 saturated heterocycles. The van der Waals surface area contributed by atoms with Crippen LogP contribution in [-0.4, -0.2) is 57.3 Å². The Labute approximate surface area is 360 Å². The summed E-state index contributed by atoms with van der Waals surface area (Å²) < 4.78 is 0. The Hall–Kier alpha value is -1.47. The summed E-state index contributed by atoms with van der Waals surface area (Å²) >= 11 is 0. The number of allylic oxidation sites excluding steroid dienone is 6. The molecule has 1 amide bonds. The van der Waals surface area contributed by atoms with Crippen molar-refractivity contribution in [1.29, 1.82) is 0 Å². The summed E-state index contributed by atoms with van der Waals surface area (Å²) in [5.41, 5.74) is 0. The topological polar surface area (TPSA) is 110 Å². The Bertz CT molecular complexity index is 919. The van der Waals surface area contributed by atoms with E-state index in [1.807, 2.05) is 0 Å². The van der Waals surface area contributed by atoms with Gasteiger partial charge in [0, 0.05) is 0 Å². The third kappa shape index (κ3) is 40.0. The minimum atomic E-state index is -1.29. The predicted molar refractivity (Wildman–Crippen MR) is 251 cm³/mol. The predicted octanol–water partition coefficient (Wildman–Crippen LogP) is 14.1. The summed E-state index contributed by atoms with van der Waals surface area (Å²) in [4.78, 5) is 12.5. The number of nitrogens with one attached hydrogen (secondary N) is 1. The molecular formula is C52H99NO5. The average Bonchev–Trinajstić information content (AvgIpc) is 3.23. The average molecular weight is 818 g/mol. The lowest BCUT2D eigenvalue weighted by molar-refractivity contribution is -0.132. The van der Waals surface area contributed by atoms with E-state index in [2.05, 4.69) is 55.6 Å². The molecule has 0 spiro atoms. The van der Waals surface area contributed by atoms with Gasteiger partial charge in [-0.25, -0.2) is 0 Å². The van der Waals surface area contributed by atoms with E-state index in [1.165, 1.54) is 186 Å². The highest BCUT2D eigenvalue weighted by Crippen LogP contribution is 2.16. The highest BCUT2D eigenvalue weighted by Gasteiger charge is 2.28. The molecule has 4 unspecified atom stereocenters. The summed E-state index contributed by atoms with van der Waals surface area (Å²) in [7, 11) is 0. The molecule has 0 bridgehead atoms. The zero-order valence-corrected chi connectivity index (χ0v) is 38.5. The van der Waals surface area contributed by atoms with Crippen LogP contribution in [0.25, 0.3) is 0 Å². The van der Waals surface area contributed by atoms with E-state index < -0.39 is 36.9 Å². The fourth-order valence-corrected chi connectivity index (χ4v) is 7.77. The fraction of sp³-hybridized carbons (Fsp3) is 0.865. The van der Waals surface area contributed by atoms with Crippen LogP contribution in [0.15, 0.2) is 36.5 Å². The third-order valence-corrected chi connectivity index (χ3v) is 11.8. The Morgan fingerprint density at radius 3 is 1.09 bits per heavy atom. The summed E-state index contributed by atoms with van der Waals surface area (Å²) in [6, 6.07) is -1.01. The van der Waals surface area contributed by atoms with Gasteiger partial charge < -0.3 is 25.7 Å². The van der Waals surface area contributed by atoms with Crippen molar-refractivity contribution in [1.82, 2.24) is 5.32 Å². The van der Waals surface area contributed by atoms with E-state index in [4.69, 9.17) is 0 Å². The molecule has 6 nitrogen and oxygen atoms in total. The first-order valence-electron chi connectivity index (χ1n) is 25.4. The second-order valence-electron chi connectivity index (χ2n) is 17.5. The van der Waals surface area contributed by atoms with Crippen molar-refractivity contribution < 1.29 is 25.2 Å². The number of unbranched alkanes of at least 4 members (excludes halogenated alkanes) is 31. The maximum atomic E-state index is 12.5. The number of aliphatic hydroxyl groups is 4. The van der Waals surface area contributed by atoms with Crippen LogP contribution in [0, 0.1) is 0 Å². The smallest absolute Gasteiger partial charge is 0.249 e. The van der Waals surface area contributed by atoms with E-state index in [1.54, 1.807) is 0 Å². The van der Waals surface area contributed by atoms with Crippen LogP contribution >= 0.6 is 0 Å². The van der Waals surface area contributed by atoms with Crippen LogP contribution in [0.4, 0.5) is 0 Å². The largest absolute Gasteiger partial charge is 0.394 e. The molecule has 0 aliphatic carbocycles. The van der Waals surface area contributed by atoms with Crippen LogP contribution < -0.4 is 5.32 Å². The van der Waals surface area contributed by atoms with Gasteiger partial charge in [0.1, 0.15) is 12.2 Å². The van der Waals surface area contributed by atoms with E-state index in [9.17, 15) is 25.2 Å². The monoisotopic (exact) mass is 818 g/mol. The maximum Gasteiger partial charge on any atom is 0.249 e. The Morgan fingerprint density at radius 2 is 0.724 bits per heavy atom. The molecule has 0 fully saturated rings. The zero-order valence-electron chi connectivity index (χ0n) is 38.5. The van der Waals surface area contributed by atoms with Gasteiger partial charge in [-0.1, -0.05) is 217 Å². The van der Waals surface area contributed by atoms with Crippen molar-refractivity contribution in [2.45, 2.75) is 282 Å². The van der Waals surface area contributed by atoms with Crippen molar-refractivity contribution >= 4 is 5.91 Å². The molecule has 0 saturated carbocycles. The van der Waals surface area contributed by atoms with Gasteiger partial charge in [0.05, 0.1) is 18.8 Å². The summed E-state index contributed by atoms with van der Waals surface area (Å²) in [5.74, 6) is -0.597. The van der Waals surface area contributed by atoms with E-state index in [0.29, 0.717) is 19.3 Å². The minimum Gasteiger partial charge on any atom is -0.394 e. The Balaban J connectivity index is 3.66. The fourth-order valence-electron chi connectivity index (χ4n) is 7.77. The zero-order chi connectivity index (χ0) is 42.4. The molecule has 58 heavy (non-hydrogen) atoms. The molecule has 0 aromatic heterocycles. The lowest BCUT2D eigenvalue weighted by Crippen LogP contribution is -2.53. The summed E-state index contributed by atoms with van der Waals surface area (Å²) in [6.07, 6.45) is 56.3. The molecule has 0 aromatic carbocycles. The molecule has 4 atom stereocenters. The molecule has 0 aromatic rings. The van der Waals surface area contributed by atoms with Crippen molar-refractivity contribution in [2.75, 3.05) is 6.61 Å². The standard InChI is InChI=1S/C52H99NO5/c1-3-5-7-9-11-13-15-17-19-20-21-22-23-24-25-26-27-28-29-30-31-32-34-36-38-40-42-44-46-50(56)52(58)53-48(47-54)51(57)49(55)45-43-41-39-37-35-33-18-16-14-12-10-8-6-4-2/h16,18,24-25,37,39,48-51,54-57H,3-15,17,19-23,26-36,38,40-47H2,1-2H3,(H,53,58)/b18-16+,25-24-,39-37+. The van der Waals surface area contributed by atoms with Crippen LogP contribution in [-0.2, 0) is 4.79 Å².